The van der Waals surface area contributed by atoms with Crippen LogP contribution in [-0.4, -0.2) is 9.78 Å². The summed E-state index contributed by atoms with van der Waals surface area (Å²) in [4.78, 5) is 0. The van der Waals surface area contributed by atoms with Crippen molar-refractivity contribution in [3.8, 4) is 0 Å². The standard InChI is InChI=1S/C15H18IN3/c16-14-7-3-4-8-15(14)17-11-12-9-10-19(18-12)13-5-1-2-6-13/h3-4,7-10,13,17H,1-2,5-6,11H2. The average molecular weight is 367 g/mol. The summed E-state index contributed by atoms with van der Waals surface area (Å²) in [5.74, 6) is 0. The quantitative estimate of drug-likeness (QED) is 0.821. The lowest BCUT2D eigenvalue weighted by Crippen LogP contribution is -2.07. The molecule has 0 unspecified atom stereocenters. The molecule has 3 nitrogen and oxygen atoms in total. The number of anilines is 1. The van der Waals surface area contributed by atoms with Gasteiger partial charge in [0.2, 0.25) is 0 Å². The molecule has 19 heavy (non-hydrogen) atoms. The molecule has 0 amide bonds. The molecular weight excluding hydrogens is 349 g/mol. The van der Waals surface area contributed by atoms with E-state index in [-0.39, 0.29) is 0 Å². The summed E-state index contributed by atoms with van der Waals surface area (Å²) in [5.41, 5.74) is 2.30. The number of hydrogen-bond acceptors (Lipinski definition) is 2. The Morgan fingerprint density at radius 3 is 2.79 bits per heavy atom. The van der Waals surface area contributed by atoms with Crippen molar-refractivity contribution in [2.45, 2.75) is 38.3 Å². The Morgan fingerprint density at radius 1 is 1.21 bits per heavy atom. The highest BCUT2D eigenvalue weighted by molar-refractivity contribution is 14.1. The van der Waals surface area contributed by atoms with E-state index in [1.165, 1.54) is 34.9 Å². The lowest BCUT2D eigenvalue weighted by Gasteiger charge is -2.09. The van der Waals surface area contributed by atoms with E-state index in [1.54, 1.807) is 0 Å². The highest BCUT2D eigenvalue weighted by Crippen LogP contribution is 2.28. The van der Waals surface area contributed by atoms with Crippen LogP contribution in [0.15, 0.2) is 36.5 Å². The number of para-hydroxylation sites is 1. The number of halogens is 1. The number of hydrogen-bond donors (Lipinski definition) is 1. The molecule has 0 spiro atoms. The summed E-state index contributed by atoms with van der Waals surface area (Å²) in [7, 11) is 0. The topological polar surface area (TPSA) is 29.9 Å². The Kier molecular flexibility index (Phi) is 4.06. The van der Waals surface area contributed by atoms with Crippen LogP contribution in [-0.2, 0) is 6.54 Å². The van der Waals surface area contributed by atoms with Gasteiger partial charge in [-0.05, 0) is 53.6 Å². The maximum absolute atomic E-state index is 4.69. The Hall–Kier alpha value is -1.04. The minimum absolute atomic E-state index is 0.630. The second-order valence-electron chi connectivity index (χ2n) is 5.06. The van der Waals surface area contributed by atoms with E-state index in [2.05, 4.69) is 74.2 Å². The van der Waals surface area contributed by atoms with Crippen LogP contribution in [0.2, 0.25) is 0 Å². The van der Waals surface area contributed by atoms with Gasteiger partial charge in [0.05, 0.1) is 18.3 Å². The number of aromatic nitrogens is 2. The van der Waals surface area contributed by atoms with E-state index in [1.807, 2.05) is 0 Å². The molecule has 0 aliphatic heterocycles. The first-order chi connectivity index (χ1) is 9.33. The van der Waals surface area contributed by atoms with Gasteiger partial charge in [-0.2, -0.15) is 5.10 Å². The molecule has 1 saturated carbocycles. The van der Waals surface area contributed by atoms with Crippen LogP contribution in [0.4, 0.5) is 5.69 Å². The fourth-order valence-electron chi connectivity index (χ4n) is 2.63. The van der Waals surface area contributed by atoms with Gasteiger partial charge in [-0.25, -0.2) is 0 Å². The van der Waals surface area contributed by atoms with Crippen molar-refractivity contribution in [1.82, 2.24) is 9.78 Å². The fraction of sp³-hybridized carbons (Fsp3) is 0.400. The molecule has 1 aromatic carbocycles. The van der Waals surface area contributed by atoms with Crippen LogP contribution in [0.3, 0.4) is 0 Å². The molecule has 1 heterocycles. The molecule has 100 valence electrons. The third kappa shape index (κ3) is 3.11. The highest BCUT2D eigenvalue weighted by atomic mass is 127. The summed E-state index contributed by atoms with van der Waals surface area (Å²) < 4.78 is 3.40. The Balaban J connectivity index is 1.63. The molecule has 1 fully saturated rings. The Bertz CT molecular complexity index is 544. The van der Waals surface area contributed by atoms with Crippen LogP contribution in [0, 0.1) is 3.57 Å². The third-order valence-electron chi connectivity index (χ3n) is 3.70. The van der Waals surface area contributed by atoms with Gasteiger partial charge in [0.15, 0.2) is 0 Å². The van der Waals surface area contributed by atoms with E-state index in [9.17, 15) is 0 Å². The van der Waals surface area contributed by atoms with Crippen LogP contribution in [0.5, 0.6) is 0 Å². The predicted octanol–water partition coefficient (Wildman–Crippen LogP) is 4.21. The predicted molar refractivity (Wildman–Crippen MR) is 86.2 cm³/mol. The normalized spacial score (nSPS) is 15.8. The molecule has 3 rings (SSSR count). The molecule has 1 N–H and O–H groups in total. The number of rotatable bonds is 4. The summed E-state index contributed by atoms with van der Waals surface area (Å²) in [6.07, 6.45) is 7.39. The van der Waals surface area contributed by atoms with Gasteiger partial charge in [0.25, 0.3) is 0 Å². The first-order valence-corrected chi connectivity index (χ1v) is 7.93. The summed E-state index contributed by atoms with van der Waals surface area (Å²) in [5, 5.41) is 8.14. The zero-order valence-electron chi connectivity index (χ0n) is 10.8. The molecule has 0 radical (unpaired) electrons. The van der Waals surface area contributed by atoms with Gasteiger partial charge >= 0.3 is 0 Å². The van der Waals surface area contributed by atoms with E-state index in [0.717, 1.165) is 12.2 Å². The van der Waals surface area contributed by atoms with Crippen LogP contribution in [0.1, 0.15) is 37.4 Å². The van der Waals surface area contributed by atoms with Gasteiger partial charge in [0.1, 0.15) is 0 Å². The molecular formula is C15H18IN3. The molecule has 0 bridgehead atoms. The van der Waals surface area contributed by atoms with Crippen molar-refractivity contribution in [2.24, 2.45) is 0 Å². The van der Waals surface area contributed by atoms with Gasteiger partial charge < -0.3 is 5.32 Å². The van der Waals surface area contributed by atoms with Crippen molar-refractivity contribution in [2.75, 3.05) is 5.32 Å². The monoisotopic (exact) mass is 367 g/mol. The zero-order chi connectivity index (χ0) is 13.1. The minimum Gasteiger partial charge on any atom is -0.378 e. The van der Waals surface area contributed by atoms with Crippen LogP contribution in [0.25, 0.3) is 0 Å². The fourth-order valence-corrected chi connectivity index (χ4v) is 3.21. The van der Waals surface area contributed by atoms with Gasteiger partial charge in [-0.1, -0.05) is 25.0 Å². The summed E-state index contributed by atoms with van der Waals surface area (Å²) >= 11 is 2.35. The Morgan fingerprint density at radius 2 is 2.00 bits per heavy atom. The van der Waals surface area contributed by atoms with Gasteiger partial charge in [0, 0.05) is 15.5 Å². The smallest absolute Gasteiger partial charge is 0.0815 e. The van der Waals surface area contributed by atoms with Crippen molar-refractivity contribution in [3.05, 3.63) is 45.8 Å². The van der Waals surface area contributed by atoms with E-state index in [4.69, 9.17) is 0 Å². The first-order valence-electron chi connectivity index (χ1n) is 6.85. The largest absolute Gasteiger partial charge is 0.378 e. The van der Waals surface area contributed by atoms with Crippen LogP contribution >= 0.6 is 22.6 Å². The number of benzene rings is 1. The van der Waals surface area contributed by atoms with Crippen molar-refractivity contribution >= 4 is 28.3 Å². The maximum atomic E-state index is 4.69. The molecule has 1 aromatic heterocycles. The second kappa shape index (κ2) is 5.94. The lowest BCUT2D eigenvalue weighted by atomic mass is 10.3. The third-order valence-corrected chi connectivity index (χ3v) is 4.64. The molecule has 0 atom stereocenters. The van der Waals surface area contributed by atoms with Gasteiger partial charge in [-0.3, -0.25) is 4.68 Å². The molecule has 0 saturated heterocycles. The molecule has 1 aliphatic carbocycles. The lowest BCUT2D eigenvalue weighted by molar-refractivity contribution is 0.463. The van der Waals surface area contributed by atoms with E-state index >= 15 is 0 Å². The van der Waals surface area contributed by atoms with Gasteiger partial charge in [-0.15, -0.1) is 0 Å². The molecule has 1 aliphatic rings. The average Bonchev–Trinajstić information content (AvgIpc) is 3.09. The first kappa shape index (κ1) is 13.0. The van der Waals surface area contributed by atoms with Crippen molar-refractivity contribution in [1.29, 1.82) is 0 Å². The van der Waals surface area contributed by atoms with Crippen LogP contribution < -0.4 is 5.32 Å². The second-order valence-corrected chi connectivity index (χ2v) is 6.22. The SMILES string of the molecule is Ic1ccccc1NCc1ccn(C2CCCC2)n1. The van der Waals surface area contributed by atoms with E-state index in [0.29, 0.717) is 6.04 Å². The highest BCUT2D eigenvalue weighted by Gasteiger charge is 2.17. The molecule has 4 heteroatoms. The maximum Gasteiger partial charge on any atom is 0.0815 e. The number of nitrogens with one attached hydrogen (secondary N) is 1. The molecule has 2 aromatic rings. The van der Waals surface area contributed by atoms with E-state index < -0.39 is 0 Å². The Labute approximate surface area is 127 Å². The summed E-state index contributed by atoms with van der Waals surface area (Å²) in [6, 6.07) is 11.1. The minimum atomic E-state index is 0.630. The summed E-state index contributed by atoms with van der Waals surface area (Å²) in [6.45, 7) is 0.791. The van der Waals surface area contributed by atoms with Crippen molar-refractivity contribution < 1.29 is 0 Å². The zero-order valence-corrected chi connectivity index (χ0v) is 13.0. The van der Waals surface area contributed by atoms with Crippen molar-refractivity contribution in [3.63, 3.8) is 0 Å². The number of nitrogens with zero attached hydrogens (tertiary/aromatic N) is 2.